The molecule has 1 saturated heterocycles. The van der Waals surface area contributed by atoms with Gasteiger partial charge in [0.2, 0.25) is 0 Å². The van der Waals surface area contributed by atoms with Crippen molar-refractivity contribution in [1.29, 1.82) is 0 Å². The molecule has 1 fully saturated rings. The maximum Gasteiger partial charge on any atom is 0.317 e. The van der Waals surface area contributed by atoms with Crippen molar-refractivity contribution >= 4 is 12.0 Å². The summed E-state index contributed by atoms with van der Waals surface area (Å²) in [7, 11) is 0. The maximum absolute atomic E-state index is 12.0. The smallest absolute Gasteiger partial charge is 0.317 e. The molecule has 1 aliphatic rings. The largest absolute Gasteiger partial charge is 0.481 e. The van der Waals surface area contributed by atoms with E-state index in [4.69, 9.17) is 5.11 Å². The molecule has 116 valence electrons. The van der Waals surface area contributed by atoms with Crippen molar-refractivity contribution in [3.05, 3.63) is 0 Å². The average Bonchev–Trinajstić information content (AvgIpc) is 2.82. The van der Waals surface area contributed by atoms with Crippen molar-refractivity contribution in [2.75, 3.05) is 13.1 Å². The van der Waals surface area contributed by atoms with E-state index in [1.165, 1.54) is 19.3 Å². The molecule has 20 heavy (non-hydrogen) atoms. The molecule has 5 heteroatoms. The minimum absolute atomic E-state index is 0.0409. The van der Waals surface area contributed by atoms with Crippen LogP contribution in [0.25, 0.3) is 0 Å². The van der Waals surface area contributed by atoms with E-state index in [0.29, 0.717) is 13.1 Å². The van der Waals surface area contributed by atoms with Crippen LogP contribution in [0.5, 0.6) is 0 Å². The van der Waals surface area contributed by atoms with E-state index >= 15 is 0 Å². The Balaban J connectivity index is 2.20. The number of nitrogens with zero attached hydrogens (tertiary/aromatic N) is 1. The number of aliphatic carboxylic acids is 1. The maximum atomic E-state index is 12.0. The minimum atomic E-state index is -0.776. The second-order valence-corrected chi connectivity index (χ2v) is 5.90. The summed E-state index contributed by atoms with van der Waals surface area (Å²) < 4.78 is 0. The van der Waals surface area contributed by atoms with Crippen molar-refractivity contribution in [3.63, 3.8) is 0 Å². The predicted octanol–water partition coefficient (Wildman–Crippen LogP) is 2.85. The van der Waals surface area contributed by atoms with Gasteiger partial charge in [0.05, 0.1) is 0 Å². The lowest BCUT2D eigenvalue weighted by Gasteiger charge is -2.21. The molecular weight excluding hydrogens is 256 g/mol. The zero-order valence-electron chi connectivity index (χ0n) is 12.7. The number of carbonyl (C=O) groups is 2. The highest BCUT2D eigenvalue weighted by Gasteiger charge is 2.28. The van der Waals surface area contributed by atoms with Crippen LogP contribution in [0.15, 0.2) is 0 Å². The molecule has 0 aromatic heterocycles. The zero-order valence-corrected chi connectivity index (χ0v) is 12.7. The zero-order chi connectivity index (χ0) is 15.0. The first-order valence-corrected chi connectivity index (χ1v) is 7.80. The van der Waals surface area contributed by atoms with Gasteiger partial charge in [0.1, 0.15) is 0 Å². The molecule has 1 rings (SSSR count). The summed E-state index contributed by atoms with van der Waals surface area (Å²) in [5, 5.41) is 11.8. The number of hydrogen-bond acceptors (Lipinski definition) is 2. The summed E-state index contributed by atoms with van der Waals surface area (Å²) >= 11 is 0. The Morgan fingerprint density at radius 3 is 2.75 bits per heavy atom. The van der Waals surface area contributed by atoms with Crippen LogP contribution in [0.2, 0.25) is 0 Å². The van der Waals surface area contributed by atoms with Crippen molar-refractivity contribution in [2.24, 2.45) is 5.92 Å². The van der Waals surface area contributed by atoms with Crippen LogP contribution in [-0.2, 0) is 4.79 Å². The number of rotatable bonds is 8. The first-order valence-electron chi connectivity index (χ1n) is 7.80. The van der Waals surface area contributed by atoms with Crippen LogP contribution in [0.4, 0.5) is 4.79 Å². The lowest BCUT2D eigenvalue weighted by Crippen LogP contribution is -2.42. The number of carboxylic acid groups (broad SMARTS) is 1. The summed E-state index contributed by atoms with van der Waals surface area (Å²) in [5.41, 5.74) is 0. The Labute approximate surface area is 121 Å². The number of urea groups is 1. The molecule has 0 aromatic rings. The van der Waals surface area contributed by atoms with E-state index in [9.17, 15) is 9.59 Å². The Morgan fingerprint density at radius 1 is 1.35 bits per heavy atom. The SMILES string of the molecule is CCCCCCC(C)NC(=O)N1CCC(CC(=O)O)C1. The van der Waals surface area contributed by atoms with Crippen LogP contribution in [-0.4, -0.2) is 41.1 Å². The van der Waals surface area contributed by atoms with Crippen LogP contribution in [0.1, 0.15) is 58.8 Å². The Kier molecular flexibility index (Phi) is 7.41. The summed E-state index contributed by atoms with van der Waals surface area (Å²) in [6.45, 7) is 5.47. The number of amides is 2. The van der Waals surface area contributed by atoms with Crippen molar-refractivity contribution < 1.29 is 14.7 Å². The predicted molar refractivity (Wildman–Crippen MR) is 78.7 cm³/mol. The fourth-order valence-electron chi connectivity index (χ4n) is 2.68. The van der Waals surface area contributed by atoms with Crippen molar-refractivity contribution in [3.8, 4) is 0 Å². The third-order valence-electron chi connectivity index (χ3n) is 3.90. The first-order chi connectivity index (χ1) is 9.52. The average molecular weight is 284 g/mol. The molecular formula is C15H28N2O3. The molecule has 2 N–H and O–H groups in total. The number of unbranched alkanes of at least 4 members (excludes halogenated alkanes) is 3. The Hall–Kier alpha value is -1.26. The van der Waals surface area contributed by atoms with E-state index in [1.54, 1.807) is 4.90 Å². The minimum Gasteiger partial charge on any atom is -0.481 e. The Morgan fingerprint density at radius 2 is 2.10 bits per heavy atom. The summed E-state index contributed by atoms with van der Waals surface area (Å²) in [4.78, 5) is 24.5. The van der Waals surface area contributed by atoms with Gasteiger partial charge in [-0.25, -0.2) is 4.79 Å². The van der Waals surface area contributed by atoms with Gasteiger partial charge in [-0.2, -0.15) is 0 Å². The van der Waals surface area contributed by atoms with E-state index in [0.717, 1.165) is 19.3 Å². The van der Waals surface area contributed by atoms with E-state index < -0.39 is 5.97 Å². The molecule has 1 heterocycles. The quantitative estimate of drug-likeness (QED) is 0.673. The van der Waals surface area contributed by atoms with E-state index in [2.05, 4.69) is 12.2 Å². The molecule has 0 bridgehead atoms. The van der Waals surface area contributed by atoms with E-state index in [-0.39, 0.29) is 24.4 Å². The second-order valence-electron chi connectivity index (χ2n) is 5.90. The third kappa shape index (κ3) is 6.26. The van der Waals surface area contributed by atoms with Gasteiger partial charge < -0.3 is 15.3 Å². The number of nitrogens with one attached hydrogen (secondary N) is 1. The van der Waals surface area contributed by atoms with Gasteiger partial charge >= 0.3 is 12.0 Å². The van der Waals surface area contributed by atoms with E-state index in [1.807, 2.05) is 6.92 Å². The molecule has 2 unspecified atom stereocenters. The van der Waals surface area contributed by atoms with Gasteiger partial charge in [0.15, 0.2) is 0 Å². The summed E-state index contributed by atoms with van der Waals surface area (Å²) in [6, 6.07) is 0.152. The highest BCUT2D eigenvalue weighted by molar-refractivity contribution is 5.75. The molecule has 5 nitrogen and oxygen atoms in total. The number of likely N-dealkylation sites (tertiary alicyclic amines) is 1. The molecule has 0 spiro atoms. The van der Waals surface area contributed by atoms with Gasteiger partial charge in [-0.05, 0) is 25.7 Å². The normalized spacial score (nSPS) is 19.9. The molecule has 0 aliphatic carbocycles. The van der Waals surface area contributed by atoms with Crippen LogP contribution in [0, 0.1) is 5.92 Å². The number of carbonyl (C=O) groups excluding carboxylic acids is 1. The lowest BCUT2D eigenvalue weighted by atomic mass is 10.1. The van der Waals surface area contributed by atoms with Gasteiger partial charge in [0.25, 0.3) is 0 Å². The Bertz CT molecular complexity index is 320. The fourth-order valence-corrected chi connectivity index (χ4v) is 2.68. The monoisotopic (exact) mass is 284 g/mol. The molecule has 2 atom stereocenters. The fraction of sp³-hybridized carbons (Fsp3) is 0.867. The van der Waals surface area contributed by atoms with Gasteiger partial charge in [-0.1, -0.05) is 32.6 Å². The molecule has 0 saturated carbocycles. The molecule has 0 radical (unpaired) electrons. The topological polar surface area (TPSA) is 69.6 Å². The van der Waals surface area contributed by atoms with Crippen molar-refractivity contribution in [2.45, 2.75) is 64.8 Å². The third-order valence-corrected chi connectivity index (χ3v) is 3.90. The number of hydrogen-bond donors (Lipinski definition) is 2. The molecule has 2 amide bonds. The van der Waals surface area contributed by atoms with Gasteiger partial charge in [-0.15, -0.1) is 0 Å². The first kappa shape index (κ1) is 16.8. The lowest BCUT2D eigenvalue weighted by molar-refractivity contribution is -0.138. The van der Waals surface area contributed by atoms with Crippen LogP contribution < -0.4 is 5.32 Å². The van der Waals surface area contributed by atoms with Crippen molar-refractivity contribution in [1.82, 2.24) is 10.2 Å². The number of carboxylic acids is 1. The highest BCUT2D eigenvalue weighted by Crippen LogP contribution is 2.19. The van der Waals surface area contributed by atoms with Crippen LogP contribution in [0.3, 0.4) is 0 Å². The van der Waals surface area contributed by atoms with Gasteiger partial charge in [0, 0.05) is 25.6 Å². The summed E-state index contributed by atoms with van der Waals surface area (Å²) in [6.07, 6.45) is 6.82. The second kappa shape index (κ2) is 8.82. The molecule has 0 aromatic carbocycles. The van der Waals surface area contributed by atoms with Gasteiger partial charge in [-0.3, -0.25) is 4.79 Å². The standard InChI is InChI=1S/C15H28N2O3/c1-3-4-5-6-7-12(2)16-15(20)17-9-8-13(11-17)10-14(18)19/h12-13H,3-11H2,1-2H3,(H,16,20)(H,18,19). The highest BCUT2D eigenvalue weighted by atomic mass is 16.4. The van der Waals surface area contributed by atoms with Crippen LogP contribution >= 0.6 is 0 Å². The summed E-state index contributed by atoms with van der Waals surface area (Å²) in [5.74, 6) is -0.667. The molecule has 1 aliphatic heterocycles.